The molecule has 0 bridgehead atoms. The molecule has 1 aliphatic carbocycles. The lowest BCUT2D eigenvalue weighted by atomic mass is 9.60. The van der Waals surface area contributed by atoms with E-state index in [2.05, 4.69) is 20.2 Å². The third kappa shape index (κ3) is 2.96. The molecule has 8 heteroatoms. The number of halogens is 1. The zero-order valence-electron chi connectivity index (χ0n) is 15.3. The average Bonchev–Trinajstić information content (AvgIpc) is 3.04. The van der Waals surface area contributed by atoms with E-state index in [0.717, 1.165) is 31.4 Å². The molecule has 5 rings (SSSR count). The molecule has 1 N–H and O–H groups in total. The second kappa shape index (κ2) is 6.38. The quantitative estimate of drug-likeness (QED) is 0.726. The molecule has 0 atom stereocenters. The summed E-state index contributed by atoms with van der Waals surface area (Å²) in [4.78, 5) is 23.1. The van der Waals surface area contributed by atoms with Gasteiger partial charge < -0.3 is 19.4 Å². The van der Waals surface area contributed by atoms with Crippen LogP contribution >= 0.6 is 11.6 Å². The molecule has 144 valence electrons. The van der Waals surface area contributed by atoms with Crippen LogP contribution in [-0.4, -0.2) is 42.1 Å². The Bertz CT molecular complexity index is 1050. The van der Waals surface area contributed by atoms with Crippen LogP contribution < -0.4 is 15.0 Å². The van der Waals surface area contributed by atoms with E-state index in [0.29, 0.717) is 28.1 Å². The van der Waals surface area contributed by atoms with Crippen LogP contribution in [0.2, 0.25) is 5.02 Å². The van der Waals surface area contributed by atoms with Crippen molar-refractivity contribution in [2.75, 3.05) is 25.1 Å². The Morgan fingerprint density at radius 3 is 2.93 bits per heavy atom. The number of anilines is 1. The Hall–Kier alpha value is -2.80. The average molecular weight is 399 g/mol. The smallest absolute Gasteiger partial charge is 0.298 e. The van der Waals surface area contributed by atoms with Gasteiger partial charge in [-0.2, -0.15) is 4.98 Å². The molecule has 1 spiro atoms. The van der Waals surface area contributed by atoms with Crippen LogP contribution in [0.4, 0.5) is 6.01 Å². The van der Waals surface area contributed by atoms with Crippen LogP contribution in [0.3, 0.4) is 0 Å². The number of carbonyl (C=O) groups is 1. The standard InChI is InChI=1S/C20H19ClN4O3/c1-27-17-6-12(4-5-22-17)18(26)23-14-8-20(9-14)10-25(11-20)19-24-15-3-2-13(21)7-16(15)28-19/h2-7,14H,8-11H2,1H3,(H,23,26). The lowest BCUT2D eigenvalue weighted by molar-refractivity contribution is 0.0414. The van der Waals surface area contributed by atoms with E-state index in [1.807, 2.05) is 12.1 Å². The number of benzene rings is 1. The molecule has 2 fully saturated rings. The fourth-order valence-electron chi connectivity index (χ4n) is 4.20. The van der Waals surface area contributed by atoms with Crippen LogP contribution in [-0.2, 0) is 0 Å². The van der Waals surface area contributed by atoms with E-state index >= 15 is 0 Å². The van der Waals surface area contributed by atoms with Crippen molar-refractivity contribution in [3.8, 4) is 5.88 Å². The normalized spacial score (nSPS) is 18.0. The molecule has 28 heavy (non-hydrogen) atoms. The van der Waals surface area contributed by atoms with Crippen molar-refractivity contribution in [3.63, 3.8) is 0 Å². The van der Waals surface area contributed by atoms with E-state index in [1.54, 1.807) is 24.4 Å². The summed E-state index contributed by atoms with van der Waals surface area (Å²) in [5.74, 6) is 0.347. The minimum Gasteiger partial charge on any atom is -0.481 e. The van der Waals surface area contributed by atoms with Gasteiger partial charge in [0.05, 0.1) is 7.11 Å². The highest BCUT2D eigenvalue weighted by Crippen LogP contribution is 2.49. The zero-order valence-corrected chi connectivity index (χ0v) is 16.1. The van der Waals surface area contributed by atoms with Crippen molar-refractivity contribution in [3.05, 3.63) is 47.1 Å². The highest BCUT2D eigenvalue weighted by molar-refractivity contribution is 6.31. The molecule has 0 unspecified atom stereocenters. The van der Waals surface area contributed by atoms with Gasteiger partial charge >= 0.3 is 0 Å². The molecule has 2 aliphatic rings. The number of pyridine rings is 1. The van der Waals surface area contributed by atoms with Crippen LogP contribution in [0.15, 0.2) is 40.9 Å². The molecule has 3 aromatic rings. The Balaban J connectivity index is 1.17. The van der Waals surface area contributed by atoms with Gasteiger partial charge in [0.15, 0.2) is 5.58 Å². The molecule has 1 aliphatic heterocycles. The summed E-state index contributed by atoms with van der Waals surface area (Å²) in [6.45, 7) is 1.78. The van der Waals surface area contributed by atoms with Crippen molar-refractivity contribution in [1.29, 1.82) is 0 Å². The fraction of sp³-hybridized carbons (Fsp3) is 0.350. The predicted molar refractivity (Wildman–Crippen MR) is 105 cm³/mol. The largest absolute Gasteiger partial charge is 0.481 e. The second-order valence-corrected chi connectivity index (χ2v) is 8.07. The lowest BCUT2D eigenvalue weighted by Crippen LogP contribution is -2.66. The molecule has 1 aromatic carbocycles. The number of fused-ring (bicyclic) bond motifs is 1. The van der Waals surface area contributed by atoms with Gasteiger partial charge in [-0.15, -0.1) is 0 Å². The van der Waals surface area contributed by atoms with Crippen LogP contribution in [0.25, 0.3) is 11.1 Å². The monoisotopic (exact) mass is 398 g/mol. The number of nitrogens with zero attached hydrogens (tertiary/aromatic N) is 3. The maximum Gasteiger partial charge on any atom is 0.298 e. The maximum atomic E-state index is 12.4. The number of carbonyl (C=O) groups excluding carboxylic acids is 1. The summed E-state index contributed by atoms with van der Waals surface area (Å²) in [5, 5.41) is 3.73. The Morgan fingerprint density at radius 1 is 1.32 bits per heavy atom. The van der Waals surface area contributed by atoms with Crippen LogP contribution in [0.1, 0.15) is 23.2 Å². The van der Waals surface area contributed by atoms with Gasteiger partial charge in [0.2, 0.25) is 5.88 Å². The van der Waals surface area contributed by atoms with Gasteiger partial charge in [-0.05, 0) is 31.0 Å². The number of oxazole rings is 1. The van der Waals surface area contributed by atoms with Crippen molar-refractivity contribution >= 4 is 34.6 Å². The first kappa shape index (κ1) is 17.3. The van der Waals surface area contributed by atoms with Crippen molar-refractivity contribution < 1.29 is 13.9 Å². The Kier molecular flexibility index (Phi) is 3.94. The molecule has 1 saturated carbocycles. The molecular weight excluding hydrogens is 380 g/mol. The SMILES string of the molecule is COc1cc(C(=O)NC2CC3(C2)CN(c2nc4ccc(Cl)cc4o2)C3)ccn1. The van der Waals surface area contributed by atoms with E-state index in [4.69, 9.17) is 20.8 Å². The number of nitrogens with one attached hydrogen (secondary N) is 1. The topological polar surface area (TPSA) is 80.5 Å². The third-order valence-electron chi connectivity index (χ3n) is 5.56. The van der Waals surface area contributed by atoms with Crippen molar-refractivity contribution in [1.82, 2.24) is 15.3 Å². The van der Waals surface area contributed by atoms with E-state index in [-0.39, 0.29) is 17.4 Å². The number of rotatable bonds is 4. The second-order valence-electron chi connectivity index (χ2n) is 7.63. The Labute approximate surface area is 166 Å². The zero-order chi connectivity index (χ0) is 19.3. The minimum absolute atomic E-state index is 0.0902. The summed E-state index contributed by atoms with van der Waals surface area (Å²) >= 11 is 6.00. The summed E-state index contributed by atoms with van der Waals surface area (Å²) in [6, 6.07) is 9.63. The van der Waals surface area contributed by atoms with Gasteiger partial charge in [0.25, 0.3) is 11.9 Å². The minimum atomic E-state index is -0.0902. The predicted octanol–water partition coefficient (Wildman–Crippen LogP) is 3.28. The number of aromatic nitrogens is 2. The highest BCUT2D eigenvalue weighted by atomic mass is 35.5. The lowest BCUT2D eigenvalue weighted by Gasteiger charge is -2.58. The van der Waals surface area contributed by atoms with E-state index in [1.165, 1.54) is 7.11 Å². The third-order valence-corrected chi connectivity index (χ3v) is 5.80. The molecule has 0 radical (unpaired) electrons. The van der Waals surface area contributed by atoms with Gasteiger partial charge in [0, 0.05) is 53.5 Å². The van der Waals surface area contributed by atoms with E-state index in [9.17, 15) is 4.79 Å². The molecular formula is C20H19ClN4O3. The van der Waals surface area contributed by atoms with Gasteiger partial charge in [-0.1, -0.05) is 11.6 Å². The van der Waals surface area contributed by atoms with Gasteiger partial charge in [-0.25, -0.2) is 4.98 Å². The summed E-state index contributed by atoms with van der Waals surface area (Å²) in [5.41, 5.74) is 2.32. The van der Waals surface area contributed by atoms with E-state index < -0.39 is 0 Å². The number of hydrogen-bond acceptors (Lipinski definition) is 6. The van der Waals surface area contributed by atoms with Crippen molar-refractivity contribution in [2.45, 2.75) is 18.9 Å². The van der Waals surface area contributed by atoms with Crippen molar-refractivity contribution in [2.24, 2.45) is 5.41 Å². The number of ether oxygens (including phenoxy) is 1. The first-order chi connectivity index (χ1) is 13.5. The molecule has 1 saturated heterocycles. The maximum absolute atomic E-state index is 12.4. The summed E-state index contributed by atoms with van der Waals surface area (Å²) < 4.78 is 10.9. The van der Waals surface area contributed by atoms with Gasteiger partial charge in [-0.3, -0.25) is 4.79 Å². The highest BCUT2D eigenvalue weighted by Gasteiger charge is 2.53. The first-order valence-electron chi connectivity index (χ1n) is 9.16. The molecule has 2 aromatic heterocycles. The number of hydrogen-bond donors (Lipinski definition) is 1. The summed E-state index contributed by atoms with van der Waals surface area (Å²) in [6.07, 6.45) is 3.50. The molecule has 1 amide bonds. The van der Waals surface area contributed by atoms with Gasteiger partial charge in [0.1, 0.15) is 5.52 Å². The van der Waals surface area contributed by atoms with Crippen LogP contribution in [0, 0.1) is 5.41 Å². The molecule has 3 heterocycles. The Morgan fingerprint density at radius 2 is 2.14 bits per heavy atom. The summed E-state index contributed by atoms with van der Waals surface area (Å²) in [7, 11) is 1.54. The number of amides is 1. The fourth-order valence-corrected chi connectivity index (χ4v) is 4.36. The first-order valence-corrected chi connectivity index (χ1v) is 9.53. The number of methoxy groups -OCH3 is 1. The molecule has 7 nitrogen and oxygen atoms in total. The van der Waals surface area contributed by atoms with Crippen LogP contribution in [0.5, 0.6) is 5.88 Å².